The van der Waals surface area contributed by atoms with Crippen molar-refractivity contribution >= 4 is 0 Å². The molecule has 1 aliphatic heterocycles. The van der Waals surface area contributed by atoms with Gasteiger partial charge in [0, 0.05) is 13.0 Å². The summed E-state index contributed by atoms with van der Waals surface area (Å²) in [6, 6.07) is 30.5. The molecule has 0 spiro atoms. The van der Waals surface area contributed by atoms with E-state index in [1.165, 1.54) is 0 Å². The highest BCUT2D eigenvalue weighted by molar-refractivity contribution is 5.15. The Labute approximate surface area is 202 Å². The first-order valence-corrected chi connectivity index (χ1v) is 12.0. The largest absolute Gasteiger partial charge is 0.374 e. The summed E-state index contributed by atoms with van der Waals surface area (Å²) in [5, 5.41) is 0. The van der Waals surface area contributed by atoms with Gasteiger partial charge in [-0.25, -0.2) is 0 Å². The number of rotatable bonds is 12. The molecule has 0 aliphatic carbocycles. The molecule has 0 aromatic heterocycles. The summed E-state index contributed by atoms with van der Waals surface area (Å²) in [5.41, 5.74) is 3.36. The van der Waals surface area contributed by atoms with E-state index in [0.29, 0.717) is 39.5 Å². The van der Waals surface area contributed by atoms with Crippen LogP contribution in [0.2, 0.25) is 0 Å². The summed E-state index contributed by atoms with van der Waals surface area (Å²) >= 11 is 0. The lowest BCUT2D eigenvalue weighted by molar-refractivity contribution is -0.277. The van der Waals surface area contributed by atoms with E-state index >= 15 is 0 Å². The van der Waals surface area contributed by atoms with Gasteiger partial charge in [0.25, 0.3) is 0 Å². The number of ether oxygens (including phenoxy) is 5. The molecule has 0 radical (unpaired) electrons. The van der Waals surface area contributed by atoms with E-state index in [2.05, 4.69) is 36.4 Å². The lowest BCUT2D eigenvalue weighted by atomic mass is 10.0. The molecular weight excluding hydrogens is 428 g/mol. The van der Waals surface area contributed by atoms with E-state index in [-0.39, 0.29) is 24.6 Å². The fraction of sp³-hybridized carbons (Fsp3) is 0.379. The zero-order chi connectivity index (χ0) is 23.4. The van der Waals surface area contributed by atoms with Crippen LogP contribution in [-0.4, -0.2) is 37.8 Å². The molecule has 5 nitrogen and oxygen atoms in total. The van der Waals surface area contributed by atoms with Crippen molar-refractivity contribution in [2.75, 3.05) is 13.2 Å². The minimum Gasteiger partial charge on any atom is -0.374 e. The molecule has 0 saturated carbocycles. The first-order valence-electron chi connectivity index (χ1n) is 12.0. The SMILES string of the molecule is CCOC1C[C@@H](OCc2ccccc2)[C@@H](OCc2ccccc2)[C@@H](COCc2ccccc2)O1. The maximum Gasteiger partial charge on any atom is 0.160 e. The van der Waals surface area contributed by atoms with Gasteiger partial charge in [0.2, 0.25) is 0 Å². The van der Waals surface area contributed by atoms with Crippen LogP contribution in [0.3, 0.4) is 0 Å². The molecule has 1 fully saturated rings. The predicted octanol–water partition coefficient (Wildman–Crippen LogP) is 5.53. The van der Waals surface area contributed by atoms with Crippen molar-refractivity contribution in [3.63, 3.8) is 0 Å². The molecule has 1 unspecified atom stereocenters. The molecule has 0 N–H and O–H groups in total. The lowest BCUT2D eigenvalue weighted by Gasteiger charge is -2.41. The van der Waals surface area contributed by atoms with Gasteiger partial charge in [-0.05, 0) is 23.6 Å². The van der Waals surface area contributed by atoms with Crippen molar-refractivity contribution in [2.45, 2.75) is 57.8 Å². The molecule has 1 saturated heterocycles. The number of hydrogen-bond acceptors (Lipinski definition) is 5. The highest BCUT2D eigenvalue weighted by atomic mass is 16.7. The minimum absolute atomic E-state index is 0.181. The average Bonchev–Trinajstić information content (AvgIpc) is 2.89. The summed E-state index contributed by atoms with van der Waals surface area (Å²) < 4.78 is 31.0. The minimum atomic E-state index is -0.354. The smallest absolute Gasteiger partial charge is 0.160 e. The van der Waals surface area contributed by atoms with Crippen molar-refractivity contribution in [3.05, 3.63) is 108 Å². The maximum absolute atomic E-state index is 6.43. The van der Waals surface area contributed by atoms with Crippen LogP contribution in [0.15, 0.2) is 91.0 Å². The third-order valence-corrected chi connectivity index (χ3v) is 5.82. The second-order valence-corrected chi connectivity index (χ2v) is 8.39. The Morgan fingerprint density at radius 1 is 0.676 bits per heavy atom. The highest BCUT2D eigenvalue weighted by Crippen LogP contribution is 2.28. The molecule has 1 aliphatic rings. The lowest BCUT2D eigenvalue weighted by Crippen LogP contribution is -2.53. The standard InChI is InChI=1S/C29H34O5/c1-2-31-28-18-26(32-20-24-14-8-4-9-15-24)29(33-21-25-16-10-5-11-17-25)27(34-28)22-30-19-23-12-6-3-7-13-23/h3-17,26-29H,2,18-22H2,1H3/t26-,27-,28?,29-/m1/s1. The second-order valence-electron chi connectivity index (χ2n) is 8.39. The van der Waals surface area contributed by atoms with Crippen LogP contribution >= 0.6 is 0 Å². The fourth-order valence-electron chi connectivity index (χ4n) is 4.11. The van der Waals surface area contributed by atoms with Crippen LogP contribution in [-0.2, 0) is 43.5 Å². The van der Waals surface area contributed by atoms with Crippen LogP contribution in [0.5, 0.6) is 0 Å². The Morgan fingerprint density at radius 2 is 1.21 bits per heavy atom. The Kier molecular flexibility index (Phi) is 9.67. The molecule has 1 heterocycles. The van der Waals surface area contributed by atoms with Crippen LogP contribution in [0, 0.1) is 0 Å². The van der Waals surface area contributed by atoms with Gasteiger partial charge in [0.15, 0.2) is 6.29 Å². The van der Waals surface area contributed by atoms with Gasteiger partial charge >= 0.3 is 0 Å². The quantitative estimate of drug-likeness (QED) is 0.354. The summed E-state index contributed by atoms with van der Waals surface area (Å²) in [4.78, 5) is 0. The number of benzene rings is 3. The van der Waals surface area contributed by atoms with Crippen molar-refractivity contribution in [2.24, 2.45) is 0 Å². The third-order valence-electron chi connectivity index (χ3n) is 5.82. The summed E-state index contributed by atoms with van der Waals surface area (Å²) in [5.74, 6) is 0. The van der Waals surface area contributed by atoms with Crippen molar-refractivity contribution in [3.8, 4) is 0 Å². The van der Waals surface area contributed by atoms with Gasteiger partial charge in [0.1, 0.15) is 12.2 Å². The Morgan fingerprint density at radius 3 is 1.76 bits per heavy atom. The third kappa shape index (κ3) is 7.49. The molecule has 4 rings (SSSR count). The van der Waals surface area contributed by atoms with Crippen LogP contribution in [0.4, 0.5) is 0 Å². The molecule has 3 aromatic carbocycles. The van der Waals surface area contributed by atoms with Gasteiger partial charge in [-0.2, -0.15) is 0 Å². The van der Waals surface area contributed by atoms with Gasteiger partial charge in [-0.1, -0.05) is 91.0 Å². The monoisotopic (exact) mass is 462 g/mol. The van der Waals surface area contributed by atoms with Gasteiger partial charge in [-0.3, -0.25) is 0 Å². The van der Waals surface area contributed by atoms with E-state index in [1.54, 1.807) is 0 Å². The Hall–Kier alpha value is -2.54. The van der Waals surface area contributed by atoms with Gasteiger partial charge in [0.05, 0.1) is 32.5 Å². The van der Waals surface area contributed by atoms with Crippen molar-refractivity contribution < 1.29 is 23.7 Å². The molecule has 34 heavy (non-hydrogen) atoms. The molecule has 5 heteroatoms. The van der Waals surface area contributed by atoms with Gasteiger partial charge < -0.3 is 23.7 Å². The predicted molar refractivity (Wildman–Crippen MR) is 131 cm³/mol. The topological polar surface area (TPSA) is 46.2 Å². The highest BCUT2D eigenvalue weighted by Gasteiger charge is 2.41. The zero-order valence-electron chi connectivity index (χ0n) is 19.8. The molecule has 180 valence electrons. The zero-order valence-corrected chi connectivity index (χ0v) is 19.8. The Balaban J connectivity index is 1.46. The summed E-state index contributed by atoms with van der Waals surface area (Å²) in [7, 11) is 0. The average molecular weight is 463 g/mol. The van der Waals surface area contributed by atoms with Crippen LogP contribution in [0.1, 0.15) is 30.0 Å². The molecule has 0 amide bonds. The Bertz CT molecular complexity index is 935. The molecular formula is C29H34O5. The van der Waals surface area contributed by atoms with E-state index in [9.17, 15) is 0 Å². The van der Waals surface area contributed by atoms with E-state index in [1.807, 2.05) is 61.5 Å². The first kappa shape index (κ1) is 24.6. The van der Waals surface area contributed by atoms with Crippen LogP contribution in [0.25, 0.3) is 0 Å². The van der Waals surface area contributed by atoms with E-state index in [0.717, 1.165) is 16.7 Å². The normalized spacial score (nSPS) is 22.5. The van der Waals surface area contributed by atoms with E-state index < -0.39 is 0 Å². The molecule has 3 aromatic rings. The second kappa shape index (κ2) is 13.4. The summed E-state index contributed by atoms with van der Waals surface area (Å²) in [6.45, 7) is 4.44. The van der Waals surface area contributed by atoms with Crippen LogP contribution < -0.4 is 0 Å². The molecule has 0 bridgehead atoms. The van der Waals surface area contributed by atoms with Gasteiger partial charge in [-0.15, -0.1) is 0 Å². The number of hydrogen-bond donors (Lipinski definition) is 0. The van der Waals surface area contributed by atoms with Crippen molar-refractivity contribution in [1.82, 2.24) is 0 Å². The van der Waals surface area contributed by atoms with Crippen molar-refractivity contribution in [1.29, 1.82) is 0 Å². The first-order chi connectivity index (χ1) is 16.8. The van der Waals surface area contributed by atoms with E-state index in [4.69, 9.17) is 23.7 Å². The molecule has 4 atom stereocenters. The summed E-state index contributed by atoms with van der Waals surface area (Å²) in [6.07, 6.45) is -0.517. The fourth-order valence-corrected chi connectivity index (χ4v) is 4.11. The maximum atomic E-state index is 6.43.